The third-order valence-electron chi connectivity index (χ3n) is 7.40. The minimum Gasteiger partial charge on any atom is -0.465 e. The number of nitrogens with zero attached hydrogens (tertiary/aromatic N) is 2. The van der Waals surface area contributed by atoms with Gasteiger partial charge < -0.3 is 20.1 Å². The summed E-state index contributed by atoms with van der Waals surface area (Å²) in [7, 11) is 1.31. The van der Waals surface area contributed by atoms with E-state index in [-0.39, 0.29) is 18.6 Å². The SMILES string of the molecule is COC(=O)c1cccc([C@H]2SCC(C(=O)Nc3nc(-c4ccc(C(=O)NC5CC5)cc4)cs3)N2C(=O)OCc2ccccc2)c1. The molecule has 0 bridgehead atoms. The summed E-state index contributed by atoms with van der Waals surface area (Å²) in [6, 6.07) is 22.7. The van der Waals surface area contributed by atoms with Crippen molar-refractivity contribution < 1.29 is 28.7 Å². The van der Waals surface area contributed by atoms with Gasteiger partial charge in [0.1, 0.15) is 18.0 Å². The molecule has 1 aliphatic carbocycles. The number of thiazole rings is 1. The van der Waals surface area contributed by atoms with Crippen molar-refractivity contribution >= 4 is 52.1 Å². The van der Waals surface area contributed by atoms with Crippen molar-refractivity contribution in [3.05, 3.63) is 106 Å². The largest absolute Gasteiger partial charge is 0.465 e. The van der Waals surface area contributed by atoms with Crippen LogP contribution in [-0.2, 0) is 20.9 Å². The van der Waals surface area contributed by atoms with E-state index in [2.05, 4.69) is 15.6 Å². The number of carbonyl (C=O) groups excluding carboxylic acids is 4. The molecule has 0 radical (unpaired) electrons. The van der Waals surface area contributed by atoms with Crippen molar-refractivity contribution in [1.82, 2.24) is 15.2 Å². The molecule has 2 heterocycles. The number of carbonyl (C=O) groups is 4. The summed E-state index contributed by atoms with van der Waals surface area (Å²) in [5.74, 6) is -0.684. The number of ether oxygens (including phenoxy) is 2. The van der Waals surface area contributed by atoms with E-state index >= 15 is 0 Å². The molecule has 4 aromatic rings. The molecule has 2 fully saturated rings. The second-order valence-corrected chi connectivity index (χ2v) is 12.6. The van der Waals surface area contributed by atoms with Crippen molar-refractivity contribution in [3.8, 4) is 11.3 Å². The minimum atomic E-state index is -0.860. The van der Waals surface area contributed by atoms with Crippen LogP contribution in [0.5, 0.6) is 0 Å². The summed E-state index contributed by atoms with van der Waals surface area (Å²) in [5, 5.41) is 7.47. The number of thioether (sulfide) groups is 1. The molecule has 3 aromatic carbocycles. The Kier molecular flexibility index (Phi) is 9.13. The van der Waals surface area contributed by atoms with Gasteiger partial charge in [-0.3, -0.25) is 14.5 Å². The van der Waals surface area contributed by atoms with E-state index in [0.29, 0.717) is 33.3 Å². The molecule has 3 amide bonds. The molecule has 0 spiro atoms. The number of aromatic nitrogens is 1. The number of nitrogens with one attached hydrogen (secondary N) is 2. The Morgan fingerprint density at radius 2 is 1.73 bits per heavy atom. The molecule has 2 atom stereocenters. The Balaban J connectivity index is 1.18. The van der Waals surface area contributed by atoms with Crippen LogP contribution >= 0.6 is 23.1 Å². The van der Waals surface area contributed by atoms with Crippen molar-refractivity contribution in [2.24, 2.45) is 0 Å². The molecule has 45 heavy (non-hydrogen) atoms. The summed E-state index contributed by atoms with van der Waals surface area (Å²) in [4.78, 5) is 57.7. The van der Waals surface area contributed by atoms with Gasteiger partial charge in [0.05, 0.1) is 18.4 Å². The number of methoxy groups -OCH3 is 1. The smallest absolute Gasteiger partial charge is 0.412 e. The first-order valence-corrected chi connectivity index (χ1v) is 16.3. The highest BCUT2D eigenvalue weighted by molar-refractivity contribution is 7.99. The van der Waals surface area contributed by atoms with Gasteiger partial charge in [0.25, 0.3) is 5.91 Å². The van der Waals surface area contributed by atoms with E-state index in [1.165, 1.54) is 35.1 Å². The first kappa shape index (κ1) is 30.4. The number of hydrogen-bond donors (Lipinski definition) is 2. The van der Waals surface area contributed by atoms with Crippen LogP contribution in [0, 0.1) is 0 Å². The zero-order valence-electron chi connectivity index (χ0n) is 24.3. The third-order valence-corrected chi connectivity index (χ3v) is 9.48. The van der Waals surface area contributed by atoms with Crippen LogP contribution in [0.15, 0.2) is 84.2 Å². The van der Waals surface area contributed by atoms with E-state index in [1.807, 2.05) is 47.8 Å². The zero-order chi connectivity index (χ0) is 31.3. The quantitative estimate of drug-likeness (QED) is 0.217. The van der Waals surface area contributed by atoms with Crippen molar-refractivity contribution in [2.75, 3.05) is 18.2 Å². The van der Waals surface area contributed by atoms with Gasteiger partial charge in [-0.15, -0.1) is 23.1 Å². The molecule has 2 N–H and O–H groups in total. The maximum atomic E-state index is 13.6. The third kappa shape index (κ3) is 7.18. The molecular formula is C33H30N4O6S2. The predicted octanol–water partition coefficient (Wildman–Crippen LogP) is 5.88. The second-order valence-electron chi connectivity index (χ2n) is 10.6. The number of amides is 3. The van der Waals surface area contributed by atoms with Gasteiger partial charge in [-0.2, -0.15) is 0 Å². The Morgan fingerprint density at radius 1 is 0.956 bits per heavy atom. The van der Waals surface area contributed by atoms with E-state index in [1.54, 1.807) is 36.4 Å². The summed E-state index contributed by atoms with van der Waals surface area (Å²) in [5.41, 5.74) is 3.87. The van der Waals surface area contributed by atoms with Gasteiger partial charge in [-0.05, 0) is 48.2 Å². The van der Waals surface area contributed by atoms with Crippen LogP contribution in [0.4, 0.5) is 9.93 Å². The Bertz CT molecular complexity index is 1710. The molecule has 6 rings (SSSR count). The molecule has 10 nitrogen and oxygen atoms in total. The number of hydrogen-bond acceptors (Lipinski definition) is 9. The van der Waals surface area contributed by atoms with Crippen LogP contribution in [0.1, 0.15) is 50.1 Å². The Hall–Kier alpha value is -4.68. The zero-order valence-corrected chi connectivity index (χ0v) is 25.9. The average molecular weight is 643 g/mol. The first-order valence-electron chi connectivity index (χ1n) is 14.4. The fraction of sp³-hybridized carbons (Fsp3) is 0.242. The highest BCUT2D eigenvalue weighted by Crippen LogP contribution is 2.42. The van der Waals surface area contributed by atoms with Gasteiger partial charge in [-0.25, -0.2) is 14.6 Å². The van der Waals surface area contributed by atoms with Crippen molar-refractivity contribution in [3.63, 3.8) is 0 Å². The lowest BCUT2D eigenvalue weighted by atomic mass is 10.1. The number of esters is 1. The number of benzene rings is 3. The summed E-state index contributed by atoms with van der Waals surface area (Å²) >= 11 is 2.67. The maximum Gasteiger partial charge on any atom is 0.412 e. The van der Waals surface area contributed by atoms with Gasteiger partial charge in [0.15, 0.2) is 5.13 Å². The number of anilines is 1. The molecule has 1 unspecified atom stereocenters. The molecule has 230 valence electrons. The lowest BCUT2D eigenvalue weighted by molar-refractivity contribution is -0.120. The van der Waals surface area contributed by atoms with Crippen LogP contribution in [0.2, 0.25) is 0 Å². The summed E-state index contributed by atoms with van der Waals surface area (Å²) < 4.78 is 10.5. The summed E-state index contributed by atoms with van der Waals surface area (Å²) in [6.45, 7) is 0.0426. The van der Waals surface area contributed by atoms with Crippen LogP contribution in [0.3, 0.4) is 0 Å². The predicted molar refractivity (Wildman–Crippen MR) is 172 cm³/mol. The van der Waals surface area contributed by atoms with Crippen LogP contribution < -0.4 is 10.6 Å². The highest BCUT2D eigenvalue weighted by Gasteiger charge is 2.43. The molecule has 1 aliphatic heterocycles. The van der Waals surface area contributed by atoms with Gasteiger partial charge >= 0.3 is 12.1 Å². The Labute approximate surface area is 268 Å². The molecule has 12 heteroatoms. The second kappa shape index (κ2) is 13.5. The fourth-order valence-corrected chi connectivity index (χ4v) is 6.99. The van der Waals surface area contributed by atoms with Gasteiger partial charge in [0.2, 0.25) is 5.91 Å². The van der Waals surface area contributed by atoms with Crippen molar-refractivity contribution in [1.29, 1.82) is 0 Å². The highest BCUT2D eigenvalue weighted by atomic mass is 32.2. The Morgan fingerprint density at radius 3 is 2.47 bits per heavy atom. The van der Waals surface area contributed by atoms with Crippen LogP contribution in [-0.4, -0.2) is 58.7 Å². The lowest BCUT2D eigenvalue weighted by Gasteiger charge is -2.28. The van der Waals surface area contributed by atoms with Crippen LogP contribution in [0.25, 0.3) is 11.3 Å². The van der Waals surface area contributed by atoms with E-state index in [4.69, 9.17) is 9.47 Å². The molecule has 1 saturated heterocycles. The maximum absolute atomic E-state index is 13.6. The summed E-state index contributed by atoms with van der Waals surface area (Å²) in [6.07, 6.45) is 1.39. The van der Waals surface area contributed by atoms with E-state index < -0.39 is 29.4 Å². The molecular weight excluding hydrogens is 613 g/mol. The van der Waals surface area contributed by atoms with Crippen molar-refractivity contribution in [2.45, 2.75) is 36.9 Å². The molecule has 1 saturated carbocycles. The standard InChI is InChI=1S/C33H30N4O6S2/c1-42-31(40)24-9-5-8-23(16-24)30-37(33(41)43-17-20-6-3-2-4-7-20)27(19-44-30)29(39)36-32-35-26(18-45-32)21-10-12-22(13-11-21)28(38)34-25-14-15-25/h2-13,16,18,25,27,30H,14-15,17,19H2,1H3,(H,34,38)(H,35,36,39)/t27?,30-/m1/s1. The normalized spacial score (nSPS) is 17.4. The van der Waals surface area contributed by atoms with E-state index in [0.717, 1.165) is 24.0 Å². The first-order chi connectivity index (χ1) is 21.9. The minimum absolute atomic E-state index is 0.0426. The monoisotopic (exact) mass is 642 g/mol. The average Bonchev–Trinajstić information content (AvgIpc) is 3.57. The topological polar surface area (TPSA) is 127 Å². The molecule has 1 aromatic heterocycles. The lowest BCUT2D eigenvalue weighted by Crippen LogP contribution is -2.45. The fourth-order valence-electron chi connectivity index (χ4n) is 4.86. The van der Waals surface area contributed by atoms with Gasteiger partial charge in [0, 0.05) is 28.3 Å². The number of rotatable bonds is 9. The molecule has 2 aliphatic rings. The van der Waals surface area contributed by atoms with Gasteiger partial charge in [-0.1, -0.05) is 54.6 Å². The van der Waals surface area contributed by atoms with E-state index in [9.17, 15) is 19.2 Å².